The molecular weight excluding hydrogens is 248 g/mol. The molecule has 4 heteroatoms. The molecule has 0 aliphatic heterocycles. The largest absolute Gasteiger partial charge is 0.331 e. The molecule has 0 aliphatic rings. The number of hydrogen-bond acceptors (Lipinski definition) is 2. The minimum Gasteiger partial charge on any atom is -0.331 e. The molecule has 1 heterocycles. The molecule has 0 fully saturated rings. The highest BCUT2D eigenvalue weighted by Gasteiger charge is 2.19. The topological polar surface area (TPSA) is 20.7 Å². The molecule has 0 spiro atoms. The third-order valence-electron chi connectivity index (χ3n) is 3.09. The Morgan fingerprint density at radius 1 is 1.41 bits per heavy atom. The number of rotatable bonds is 3. The van der Waals surface area contributed by atoms with Gasteiger partial charge in [0.05, 0.1) is 11.0 Å². The predicted octanol–water partition coefficient (Wildman–Crippen LogP) is 4.15. The summed E-state index contributed by atoms with van der Waals surface area (Å²) in [5.41, 5.74) is 3.64. The van der Waals surface area contributed by atoms with E-state index in [0.717, 1.165) is 16.8 Å². The van der Waals surface area contributed by atoms with Gasteiger partial charge < -0.3 is 9.55 Å². The van der Waals surface area contributed by atoms with Crippen LogP contribution in [0.5, 0.6) is 0 Å². The second kappa shape index (κ2) is 4.50. The van der Waals surface area contributed by atoms with Gasteiger partial charge in [-0.3, -0.25) is 0 Å². The fraction of sp³-hybridized carbons (Fsp3) is 0.462. The number of H-pyrrole nitrogens is 1. The minimum atomic E-state index is 0.190. The fourth-order valence-corrected chi connectivity index (χ4v) is 2.52. The summed E-state index contributed by atoms with van der Waals surface area (Å²) in [6.07, 6.45) is 2.14. The molecule has 0 radical (unpaired) electrons. The maximum Gasteiger partial charge on any atom is 0.178 e. The summed E-state index contributed by atoms with van der Waals surface area (Å²) >= 11 is 7.29. The Morgan fingerprint density at radius 3 is 2.76 bits per heavy atom. The maximum atomic E-state index is 5.43. The van der Waals surface area contributed by atoms with Crippen LogP contribution < -0.4 is 0 Å². The van der Waals surface area contributed by atoms with E-state index in [1.807, 2.05) is 11.8 Å². The normalized spacial score (nSPS) is 12.2. The standard InChI is InChI=1S/C13H18N2S2/c1-9-6-5-7-10-11(9)15(12(16)14-10)8-13(2,3)17-4/h5-7H,8H2,1-4H3,(H,14,16). The lowest BCUT2D eigenvalue weighted by Gasteiger charge is -2.23. The molecule has 2 aromatic rings. The molecule has 17 heavy (non-hydrogen) atoms. The SMILES string of the molecule is CSC(C)(C)Cn1c(=S)[nH]c2cccc(C)c21. The van der Waals surface area contributed by atoms with Gasteiger partial charge in [0.25, 0.3) is 0 Å². The van der Waals surface area contributed by atoms with E-state index < -0.39 is 0 Å². The van der Waals surface area contributed by atoms with Gasteiger partial charge in [0.1, 0.15) is 0 Å². The molecule has 92 valence electrons. The number of aromatic amines is 1. The van der Waals surface area contributed by atoms with Gasteiger partial charge in [-0.2, -0.15) is 11.8 Å². The van der Waals surface area contributed by atoms with Crippen molar-refractivity contribution in [2.45, 2.75) is 32.1 Å². The van der Waals surface area contributed by atoms with Crippen molar-refractivity contribution in [3.63, 3.8) is 0 Å². The summed E-state index contributed by atoms with van der Waals surface area (Å²) < 4.78 is 3.22. The highest BCUT2D eigenvalue weighted by Crippen LogP contribution is 2.27. The molecule has 0 aliphatic carbocycles. The van der Waals surface area contributed by atoms with E-state index in [4.69, 9.17) is 12.2 Å². The summed E-state index contributed by atoms with van der Waals surface area (Å²) in [7, 11) is 0. The Bertz CT molecular complexity index is 593. The first-order chi connectivity index (χ1) is 7.94. The van der Waals surface area contributed by atoms with Crippen molar-refractivity contribution >= 4 is 35.0 Å². The number of aryl methyl sites for hydroxylation is 1. The van der Waals surface area contributed by atoms with Crippen LogP contribution in [-0.2, 0) is 6.54 Å². The quantitative estimate of drug-likeness (QED) is 0.842. The van der Waals surface area contributed by atoms with Gasteiger partial charge in [-0.15, -0.1) is 0 Å². The number of thioether (sulfide) groups is 1. The smallest absolute Gasteiger partial charge is 0.178 e. The van der Waals surface area contributed by atoms with Crippen LogP contribution in [0.3, 0.4) is 0 Å². The average Bonchev–Trinajstić information content (AvgIpc) is 2.56. The summed E-state index contributed by atoms with van der Waals surface area (Å²) in [5, 5.41) is 0. The molecule has 0 bridgehead atoms. The third kappa shape index (κ3) is 2.43. The van der Waals surface area contributed by atoms with Crippen LogP contribution in [0.4, 0.5) is 0 Å². The van der Waals surface area contributed by atoms with E-state index >= 15 is 0 Å². The van der Waals surface area contributed by atoms with Gasteiger partial charge >= 0.3 is 0 Å². The van der Waals surface area contributed by atoms with E-state index in [-0.39, 0.29) is 4.75 Å². The fourth-order valence-electron chi connectivity index (χ4n) is 2.00. The van der Waals surface area contributed by atoms with Crippen molar-refractivity contribution in [1.29, 1.82) is 0 Å². The minimum absolute atomic E-state index is 0.190. The van der Waals surface area contributed by atoms with Crippen molar-refractivity contribution < 1.29 is 0 Å². The number of imidazole rings is 1. The Labute approximate surface area is 111 Å². The number of fused-ring (bicyclic) bond motifs is 1. The van der Waals surface area contributed by atoms with Crippen molar-refractivity contribution in [3.05, 3.63) is 28.5 Å². The van der Waals surface area contributed by atoms with Crippen LogP contribution in [0.25, 0.3) is 11.0 Å². The number of hydrogen-bond donors (Lipinski definition) is 1. The van der Waals surface area contributed by atoms with Crippen molar-refractivity contribution in [3.8, 4) is 0 Å². The molecule has 2 rings (SSSR count). The van der Waals surface area contributed by atoms with E-state index in [0.29, 0.717) is 0 Å². The molecule has 0 saturated heterocycles. The van der Waals surface area contributed by atoms with Gasteiger partial charge in [-0.1, -0.05) is 12.1 Å². The molecule has 0 amide bonds. The van der Waals surface area contributed by atoms with E-state index in [1.165, 1.54) is 11.1 Å². The molecule has 0 unspecified atom stereocenters. The van der Waals surface area contributed by atoms with Crippen LogP contribution in [0.1, 0.15) is 19.4 Å². The third-order valence-corrected chi connectivity index (χ3v) is 4.64. The average molecular weight is 266 g/mol. The Morgan fingerprint density at radius 2 is 2.12 bits per heavy atom. The molecule has 1 aromatic heterocycles. The summed E-state index contributed by atoms with van der Waals surface area (Å²) in [4.78, 5) is 3.28. The summed E-state index contributed by atoms with van der Waals surface area (Å²) in [5.74, 6) is 0. The molecule has 0 atom stereocenters. The highest BCUT2D eigenvalue weighted by atomic mass is 32.2. The first-order valence-electron chi connectivity index (χ1n) is 5.68. The molecule has 1 N–H and O–H groups in total. The Balaban J connectivity index is 2.61. The van der Waals surface area contributed by atoms with Crippen LogP contribution in [0, 0.1) is 11.7 Å². The highest BCUT2D eigenvalue weighted by molar-refractivity contribution is 7.99. The van der Waals surface area contributed by atoms with Crippen LogP contribution in [0.2, 0.25) is 0 Å². The molecular formula is C13H18N2S2. The lowest BCUT2D eigenvalue weighted by atomic mass is 10.1. The molecule has 0 saturated carbocycles. The van der Waals surface area contributed by atoms with Gasteiger partial charge in [-0.25, -0.2) is 0 Å². The first kappa shape index (κ1) is 12.7. The number of nitrogens with one attached hydrogen (secondary N) is 1. The first-order valence-corrected chi connectivity index (χ1v) is 7.31. The zero-order valence-electron chi connectivity index (χ0n) is 10.7. The number of para-hydroxylation sites is 1. The zero-order chi connectivity index (χ0) is 12.6. The Hall–Kier alpha value is -0.740. The van der Waals surface area contributed by atoms with Crippen molar-refractivity contribution in [2.75, 3.05) is 6.26 Å². The van der Waals surface area contributed by atoms with Gasteiger partial charge in [0.2, 0.25) is 0 Å². The summed E-state index contributed by atoms with van der Waals surface area (Å²) in [6, 6.07) is 6.28. The molecule has 2 nitrogen and oxygen atoms in total. The Kier molecular flexibility index (Phi) is 3.36. The lowest BCUT2D eigenvalue weighted by Crippen LogP contribution is -2.22. The maximum absolute atomic E-state index is 5.43. The van der Waals surface area contributed by atoms with E-state index in [2.05, 4.69) is 54.8 Å². The number of nitrogens with zero attached hydrogens (tertiary/aromatic N) is 1. The van der Waals surface area contributed by atoms with Gasteiger partial charge in [0.15, 0.2) is 4.77 Å². The van der Waals surface area contributed by atoms with Crippen LogP contribution in [0.15, 0.2) is 18.2 Å². The van der Waals surface area contributed by atoms with Crippen molar-refractivity contribution in [2.24, 2.45) is 0 Å². The monoisotopic (exact) mass is 266 g/mol. The van der Waals surface area contributed by atoms with E-state index in [9.17, 15) is 0 Å². The van der Waals surface area contributed by atoms with Gasteiger partial charge in [-0.05, 0) is 50.9 Å². The number of aromatic nitrogens is 2. The van der Waals surface area contributed by atoms with E-state index in [1.54, 1.807) is 0 Å². The van der Waals surface area contributed by atoms with Gasteiger partial charge in [0, 0.05) is 11.3 Å². The van der Waals surface area contributed by atoms with Crippen LogP contribution in [-0.4, -0.2) is 20.6 Å². The summed E-state index contributed by atoms with van der Waals surface area (Å²) in [6.45, 7) is 7.55. The second-order valence-electron chi connectivity index (χ2n) is 4.95. The second-order valence-corrected chi connectivity index (χ2v) is 6.85. The van der Waals surface area contributed by atoms with Crippen LogP contribution >= 0.6 is 24.0 Å². The van der Waals surface area contributed by atoms with Crippen molar-refractivity contribution in [1.82, 2.24) is 9.55 Å². The predicted molar refractivity (Wildman–Crippen MR) is 79.5 cm³/mol. The number of benzene rings is 1. The zero-order valence-corrected chi connectivity index (χ0v) is 12.3. The lowest BCUT2D eigenvalue weighted by molar-refractivity contribution is 0.574. The molecule has 1 aromatic carbocycles.